The van der Waals surface area contributed by atoms with Gasteiger partial charge in [0.05, 0.1) is 5.69 Å². The maximum absolute atomic E-state index is 4.73. The molecule has 1 fully saturated rings. The van der Waals surface area contributed by atoms with Crippen molar-refractivity contribution in [1.82, 2.24) is 10.3 Å². The zero-order chi connectivity index (χ0) is 13.0. The van der Waals surface area contributed by atoms with Crippen LogP contribution in [0.15, 0.2) is 0 Å². The molecule has 0 aromatic carbocycles. The molecule has 0 radical (unpaired) electrons. The fourth-order valence-corrected chi connectivity index (χ4v) is 4.42. The molecule has 18 heavy (non-hydrogen) atoms. The van der Waals surface area contributed by atoms with Crippen LogP contribution < -0.4 is 10.2 Å². The molecule has 1 aliphatic heterocycles. The number of aryl methyl sites for hydroxylation is 1. The molecule has 1 N–H and O–H groups in total. The Bertz CT molecular complexity index is 372. The normalized spacial score (nSPS) is 19.4. The Morgan fingerprint density at radius 1 is 1.50 bits per heavy atom. The van der Waals surface area contributed by atoms with Gasteiger partial charge < -0.3 is 10.2 Å². The van der Waals surface area contributed by atoms with Gasteiger partial charge >= 0.3 is 0 Å². The molecule has 2 heterocycles. The van der Waals surface area contributed by atoms with Crippen molar-refractivity contribution in [3.8, 4) is 0 Å². The number of aromatic nitrogens is 1. The van der Waals surface area contributed by atoms with E-state index < -0.39 is 0 Å². The molecule has 3 nitrogen and oxygen atoms in total. The number of rotatable bonds is 6. The Labute approximate surface area is 118 Å². The molecule has 1 saturated heterocycles. The second-order valence-electron chi connectivity index (χ2n) is 4.81. The van der Waals surface area contributed by atoms with Gasteiger partial charge in [0.1, 0.15) is 0 Å². The lowest BCUT2D eigenvalue weighted by Crippen LogP contribution is -2.31. The summed E-state index contributed by atoms with van der Waals surface area (Å²) in [6.07, 6.45) is 2.48. The summed E-state index contributed by atoms with van der Waals surface area (Å²) in [7, 11) is 2.19. The van der Waals surface area contributed by atoms with Crippen LogP contribution in [0.5, 0.6) is 0 Å². The molecule has 0 saturated carbocycles. The van der Waals surface area contributed by atoms with E-state index in [0.29, 0.717) is 6.04 Å². The molecule has 1 aromatic rings. The topological polar surface area (TPSA) is 28.2 Å². The molecule has 1 aromatic heterocycles. The van der Waals surface area contributed by atoms with Crippen LogP contribution in [0.1, 0.15) is 30.3 Å². The first kappa shape index (κ1) is 14.2. The lowest BCUT2D eigenvalue weighted by Gasteiger charge is -2.22. The zero-order valence-electron chi connectivity index (χ0n) is 11.5. The van der Waals surface area contributed by atoms with Crippen molar-refractivity contribution in [2.24, 2.45) is 0 Å². The highest BCUT2D eigenvalue weighted by Crippen LogP contribution is 2.30. The van der Waals surface area contributed by atoms with Crippen LogP contribution in [0.4, 0.5) is 5.13 Å². The van der Waals surface area contributed by atoms with Crippen LogP contribution in [-0.2, 0) is 6.54 Å². The minimum atomic E-state index is 0.678. The fraction of sp³-hybridized carbons (Fsp3) is 0.769. The predicted molar refractivity (Wildman–Crippen MR) is 83.0 cm³/mol. The maximum Gasteiger partial charge on any atom is 0.185 e. The molecule has 0 bridgehead atoms. The van der Waals surface area contributed by atoms with Gasteiger partial charge in [-0.25, -0.2) is 4.98 Å². The van der Waals surface area contributed by atoms with E-state index in [9.17, 15) is 0 Å². The Balaban J connectivity index is 1.98. The van der Waals surface area contributed by atoms with Crippen LogP contribution in [0, 0.1) is 6.92 Å². The van der Waals surface area contributed by atoms with Gasteiger partial charge in [0.25, 0.3) is 0 Å². The lowest BCUT2D eigenvalue weighted by molar-refractivity contribution is 0.678. The van der Waals surface area contributed by atoms with E-state index in [4.69, 9.17) is 4.98 Å². The molecule has 1 unspecified atom stereocenters. The molecule has 0 aliphatic carbocycles. The van der Waals surface area contributed by atoms with E-state index >= 15 is 0 Å². The molecular weight excluding hydrogens is 262 g/mol. The van der Waals surface area contributed by atoms with E-state index in [1.807, 2.05) is 11.3 Å². The molecule has 0 amide bonds. The van der Waals surface area contributed by atoms with Gasteiger partial charge in [-0.2, -0.15) is 11.8 Å². The van der Waals surface area contributed by atoms with Crippen molar-refractivity contribution in [3.63, 3.8) is 0 Å². The Hall–Kier alpha value is -0.260. The number of thioether (sulfide) groups is 1. The van der Waals surface area contributed by atoms with Gasteiger partial charge in [0.2, 0.25) is 0 Å². The average molecular weight is 285 g/mol. The summed E-state index contributed by atoms with van der Waals surface area (Å²) in [5.74, 6) is 2.54. The Morgan fingerprint density at radius 3 is 3.00 bits per heavy atom. The van der Waals surface area contributed by atoms with Crippen LogP contribution in [-0.4, -0.2) is 36.1 Å². The molecule has 1 aliphatic rings. The predicted octanol–water partition coefficient (Wildman–Crippen LogP) is 2.89. The second-order valence-corrected chi connectivity index (χ2v) is 7.02. The minimum Gasteiger partial charge on any atom is -0.347 e. The first-order valence-electron chi connectivity index (χ1n) is 6.70. The monoisotopic (exact) mass is 285 g/mol. The van der Waals surface area contributed by atoms with Crippen molar-refractivity contribution in [1.29, 1.82) is 0 Å². The molecule has 2 rings (SSSR count). The van der Waals surface area contributed by atoms with E-state index in [-0.39, 0.29) is 0 Å². The largest absolute Gasteiger partial charge is 0.347 e. The summed E-state index contributed by atoms with van der Waals surface area (Å²) < 4.78 is 0. The number of hydrogen-bond donors (Lipinski definition) is 1. The first-order valence-corrected chi connectivity index (χ1v) is 8.67. The highest BCUT2D eigenvalue weighted by atomic mass is 32.2. The highest BCUT2D eigenvalue weighted by Gasteiger charge is 2.22. The summed E-state index contributed by atoms with van der Waals surface area (Å²) in [5.41, 5.74) is 1.19. The van der Waals surface area contributed by atoms with Gasteiger partial charge in [0, 0.05) is 30.3 Å². The summed E-state index contributed by atoms with van der Waals surface area (Å²) in [6, 6.07) is 0.678. The van der Waals surface area contributed by atoms with E-state index in [0.717, 1.165) is 13.1 Å². The average Bonchev–Trinajstić information content (AvgIpc) is 2.99. The van der Waals surface area contributed by atoms with Gasteiger partial charge in [-0.05, 0) is 32.1 Å². The standard InChI is InChI=1S/C13H23N3S2/c1-4-6-14-8-12-10(2)15-13(18-12)16(3)11-5-7-17-9-11/h11,14H,4-9H2,1-3H3. The smallest absolute Gasteiger partial charge is 0.185 e. The SMILES string of the molecule is CCCNCc1sc(N(C)C2CCSC2)nc1C. The van der Waals surface area contributed by atoms with E-state index in [2.05, 4.69) is 42.9 Å². The fourth-order valence-electron chi connectivity index (χ4n) is 2.09. The third-order valence-corrected chi connectivity index (χ3v) is 5.74. The van der Waals surface area contributed by atoms with Crippen LogP contribution >= 0.6 is 23.1 Å². The van der Waals surface area contributed by atoms with Crippen LogP contribution in [0.3, 0.4) is 0 Å². The summed E-state index contributed by atoms with van der Waals surface area (Å²) >= 11 is 3.90. The number of anilines is 1. The molecule has 5 heteroatoms. The first-order chi connectivity index (χ1) is 8.72. The van der Waals surface area contributed by atoms with E-state index in [1.165, 1.54) is 40.0 Å². The quantitative estimate of drug-likeness (QED) is 0.814. The molecule has 102 valence electrons. The lowest BCUT2D eigenvalue weighted by atomic mass is 10.2. The molecular formula is C13H23N3S2. The minimum absolute atomic E-state index is 0.678. The van der Waals surface area contributed by atoms with Crippen molar-refractivity contribution < 1.29 is 0 Å². The second kappa shape index (κ2) is 6.78. The van der Waals surface area contributed by atoms with E-state index in [1.54, 1.807) is 0 Å². The van der Waals surface area contributed by atoms with Gasteiger partial charge in [-0.3, -0.25) is 0 Å². The van der Waals surface area contributed by atoms with Crippen molar-refractivity contribution in [2.45, 2.75) is 39.3 Å². The van der Waals surface area contributed by atoms with Crippen molar-refractivity contribution in [2.75, 3.05) is 30.0 Å². The zero-order valence-corrected chi connectivity index (χ0v) is 13.2. The van der Waals surface area contributed by atoms with Gasteiger partial charge in [0.15, 0.2) is 5.13 Å². The van der Waals surface area contributed by atoms with Crippen molar-refractivity contribution >= 4 is 28.2 Å². The number of nitrogens with zero attached hydrogens (tertiary/aromatic N) is 2. The maximum atomic E-state index is 4.73. The Morgan fingerprint density at radius 2 is 2.33 bits per heavy atom. The summed E-state index contributed by atoms with van der Waals surface area (Å²) in [5, 5.41) is 4.65. The van der Waals surface area contributed by atoms with Crippen LogP contribution in [0.25, 0.3) is 0 Å². The summed E-state index contributed by atoms with van der Waals surface area (Å²) in [4.78, 5) is 8.49. The number of nitrogens with one attached hydrogen (secondary N) is 1. The number of hydrogen-bond acceptors (Lipinski definition) is 5. The summed E-state index contributed by atoms with van der Waals surface area (Å²) in [6.45, 7) is 6.37. The Kier molecular flexibility index (Phi) is 5.33. The van der Waals surface area contributed by atoms with Gasteiger partial charge in [-0.1, -0.05) is 6.92 Å². The van der Waals surface area contributed by atoms with Crippen molar-refractivity contribution in [3.05, 3.63) is 10.6 Å². The van der Waals surface area contributed by atoms with Gasteiger partial charge in [-0.15, -0.1) is 11.3 Å². The molecule has 0 spiro atoms. The number of thiazole rings is 1. The third-order valence-electron chi connectivity index (χ3n) is 3.35. The highest BCUT2D eigenvalue weighted by molar-refractivity contribution is 7.99. The van der Waals surface area contributed by atoms with Crippen LogP contribution in [0.2, 0.25) is 0 Å². The third kappa shape index (κ3) is 3.39. The molecule has 1 atom stereocenters.